The molecule has 0 fully saturated rings. The summed E-state index contributed by atoms with van der Waals surface area (Å²) in [7, 11) is 0. The second-order valence-electron chi connectivity index (χ2n) is 6.71. The Balaban J connectivity index is 1.94. The normalized spacial score (nSPS) is 11.7. The zero-order valence-corrected chi connectivity index (χ0v) is 16.4. The fraction of sp³-hybridized carbons (Fsp3) is 0.391. The first kappa shape index (κ1) is 20.7. The van der Waals surface area contributed by atoms with Crippen LogP contribution in [0.4, 0.5) is 0 Å². The first-order chi connectivity index (χ1) is 13.0. The van der Waals surface area contributed by atoms with Gasteiger partial charge in [-0.2, -0.15) is 0 Å². The van der Waals surface area contributed by atoms with Crippen LogP contribution in [0, 0.1) is 5.92 Å². The van der Waals surface area contributed by atoms with Gasteiger partial charge in [0.1, 0.15) is 11.5 Å². The third-order valence-corrected chi connectivity index (χ3v) is 4.49. The van der Waals surface area contributed by atoms with Crippen LogP contribution in [0.1, 0.15) is 52.9 Å². The first-order valence-electron chi connectivity index (χ1n) is 9.66. The summed E-state index contributed by atoms with van der Waals surface area (Å²) < 4.78 is 10.7. The maximum Gasteiger partial charge on any atom is 0.314 e. The van der Waals surface area contributed by atoms with Crippen LogP contribution in [0.5, 0.6) is 11.5 Å². The molecule has 0 aliphatic heterocycles. The number of ether oxygens (including phenoxy) is 2. The molecule has 0 N–H and O–H groups in total. The topological polar surface area (TPSA) is 52.6 Å². The van der Waals surface area contributed by atoms with Crippen molar-refractivity contribution >= 4 is 11.9 Å². The lowest BCUT2D eigenvalue weighted by Crippen LogP contribution is -2.16. The second kappa shape index (κ2) is 10.5. The van der Waals surface area contributed by atoms with Crippen molar-refractivity contribution in [2.24, 2.45) is 5.92 Å². The molecule has 2 aromatic carbocycles. The van der Waals surface area contributed by atoms with Crippen molar-refractivity contribution in [3.63, 3.8) is 0 Å². The highest BCUT2D eigenvalue weighted by molar-refractivity contribution is 5.75. The Morgan fingerprint density at radius 2 is 1.33 bits per heavy atom. The average Bonchev–Trinajstić information content (AvgIpc) is 2.68. The lowest BCUT2D eigenvalue weighted by atomic mass is 10.1. The van der Waals surface area contributed by atoms with Crippen molar-refractivity contribution < 1.29 is 19.1 Å². The van der Waals surface area contributed by atoms with E-state index in [0.29, 0.717) is 17.9 Å². The average molecular weight is 368 g/mol. The summed E-state index contributed by atoms with van der Waals surface area (Å²) in [5.74, 6) is 0.585. The van der Waals surface area contributed by atoms with Crippen LogP contribution in [0.25, 0.3) is 11.1 Å². The number of esters is 2. The molecular formula is C23H28O4. The Morgan fingerprint density at radius 1 is 0.815 bits per heavy atom. The number of rotatable bonds is 9. The third-order valence-electron chi connectivity index (χ3n) is 4.49. The number of benzene rings is 2. The molecule has 2 rings (SSSR count). The molecule has 0 saturated carbocycles. The van der Waals surface area contributed by atoms with E-state index in [1.54, 1.807) is 24.3 Å². The summed E-state index contributed by atoms with van der Waals surface area (Å²) in [5.41, 5.74) is 2.00. The van der Waals surface area contributed by atoms with Crippen LogP contribution in [0.2, 0.25) is 0 Å². The predicted octanol–water partition coefficient (Wildman–Crippen LogP) is 5.79. The fourth-order valence-corrected chi connectivity index (χ4v) is 2.52. The van der Waals surface area contributed by atoms with E-state index < -0.39 is 0 Å². The highest BCUT2D eigenvalue weighted by Gasteiger charge is 2.13. The Morgan fingerprint density at radius 3 is 1.81 bits per heavy atom. The molecule has 0 bridgehead atoms. The molecule has 4 heteroatoms. The molecule has 0 spiro atoms. The minimum Gasteiger partial charge on any atom is -0.427 e. The maximum absolute atomic E-state index is 11.8. The van der Waals surface area contributed by atoms with Gasteiger partial charge in [0.25, 0.3) is 0 Å². The lowest BCUT2D eigenvalue weighted by molar-refractivity contribution is -0.138. The van der Waals surface area contributed by atoms with Crippen molar-refractivity contribution in [3.8, 4) is 22.6 Å². The van der Waals surface area contributed by atoms with E-state index in [4.69, 9.17) is 9.47 Å². The van der Waals surface area contributed by atoms with Gasteiger partial charge in [-0.05, 0) is 48.2 Å². The summed E-state index contributed by atoms with van der Waals surface area (Å²) in [6, 6.07) is 14.8. The summed E-state index contributed by atoms with van der Waals surface area (Å²) in [6.07, 6.45) is 4.19. The molecule has 0 aliphatic rings. The molecule has 0 saturated heterocycles. The van der Waals surface area contributed by atoms with Crippen LogP contribution in [-0.2, 0) is 9.59 Å². The van der Waals surface area contributed by atoms with E-state index in [2.05, 4.69) is 6.92 Å². The van der Waals surface area contributed by atoms with Gasteiger partial charge < -0.3 is 9.47 Å². The Labute approximate surface area is 161 Å². The largest absolute Gasteiger partial charge is 0.427 e. The zero-order chi connectivity index (χ0) is 19.6. The minimum absolute atomic E-state index is 0.109. The molecule has 0 heterocycles. The van der Waals surface area contributed by atoms with E-state index in [9.17, 15) is 9.59 Å². The molecule has 0 aliphatic carbocycles. The Hall–Kier alpha value is -2.62. The van der Waals surface area contributed by atoms with Gasteiger partial charge in [-0.3, -0.25) is 9.59 Å². The highest BCUT2D eigenvalue weighted by atomic mass is 16.5. The van der Waals surface area contributed by atoms with Gasteiger partial charge in [-0.25, -0.2) is 0 Å². The van der Waals surface area contributed by atoms with E-state index >= 15 is 0 Å². The summed E-state index contributed by atoms with van der Waals surface area (Å²) in [5, 5.41) is 0. The van der Waals surface area contributed by atoms with Gasteiger partial charge in [0.05, 0.1) is 5.92 Å². The van der Waals surface area contributed by atoms with Crippen LogP contribution in [0.3, 0.4) is 0 Å². The van der Waals surface area contributed by atoms with Crippen molar-refractivity contribution in [1.29, 1.82) is 0 Å². The van der Waals surface area contributed by atoms with Crippen LogP contribution in [0.15, 0.2) is 48.5 Å². The summed E-state index contributed by atoms with van der Waals surface area (Å²) in [4.78, 5) is 23.6. The van der Waals surface area contributed by atoms with E-state index in [1.165, 1.54) is 0 Å². The van der Waals surface area contributed by atoms with Crippen molar-refractivity contribution in [2.45, 2.75) is 52.9 Å². The zero-order valence-electron chi connectivity index (χ0n) is 16.4. The van der Waals surface area contributed by atoms with Crippen molar-refractivity contribution in [1.82, 2.24) is 0 Å². The van der Waals surface area contributed by atoms with E-state index in [1.807, 2.05) is 38.1 Å². The SMILES string of the molecule is CCCCCC(=O)Oc1ccc(-c2ccc(OC(=O)C(C)CC)cc2)cc1. The van der Waals surface area contributed by atoms with Gasteiger partial charge in [0.15, 0.2) is 0 Å². The second-order valence-corrected chi connectivity index (χ2v) is 6.71. The maximum atomic E-state index is 11.8. The Kier molecular flexibility index (Phi) is 8.05. The smallest absolute Gasteiger partial charge is 0.314 e. The summed E-state index contributed by atoms with van der Waals surface area (Å²) in [6.45, 7) is 5.92. The summed E-state index contributed by atoms with van der Waals surface area (Å²) >= 11 is 0. The molecule has 0 radical (unpaired) electrons. The van der Waals surface area contributed by atoms with Crippen molar-refractivity contribution in [3.05, 3.63) is 48.5 Å². The molecule has 144 valence electrons. The third kappa shape index (κ3) is 6.55. The van der Waals surface area contributed by atoms with Crippen LogP contribution < -0.4 is 9.47 Å². The lowest BCUT2D eigenvalue weighted by Gasteiger charge is -2.10. The van der Waals surface area contributed by atoms with Gasteiger partial charge in [-0.1, -0.05) is 57.9 Å². The van der Waals surface area contributed by atoms with E-state index in [-0.39, 0.29) is 17.9 Å². The molecule has 27 heavy (non-hydrogen) atoms. The molecule has 2 aromatic rings. The number of hydrogen-bond acceptors (Lipinski definition) is 4. The monoisotopic (exact) mass is 368 g/mol. The minimum atomic E-state index is -0.213. The first-order valence-corrected chi connectivity index (χ1v) is 9.66. The van der Waals surface area contributed by atoms with Crippen LogP contribution >= 0.6 is 0 Å². The number of unbranched alkanes of at least 4 members (excludes halogenated alkanes) is 2. The molecule has 1 atom stereocenters. The van der Waals surface area contributed by atoms with Crippen LogP contribution in [-0.4, -0.2) is 11.9 Å². The Bertz CT molecular complexity index is 732. The van der Waals surface area contributed by atoms with Gasteiger partial charge in [-0.15, -0.1) is 0 Å². The standard InChI is InChI=1S/C23H28O4/c1-4-6-7-8-22(24)26-20-13-9-18(10-14-20)19-11-15-21(16-12-19)27-23(25)17(3)5-2/h9-17H,4-8H2,1-3H3. The quantitative estimate of drug-likeness (QED) is 0.319. The van der Waals surface area contributed by atoms with Crippen molar-refractivity contribution in [2.75, 3.05) is 0 Å². The van der Waals surface area contributed by atoms with Gasteiger partial charge >= 0.3 is 11.9 Å². The van der Waals surface area contributed by atoms with Gasteiger partial charge in [0, 0.05) is 6.42 Å². The molecule has 0 aromatic heterocycles. The number of carbonyl (C=O) groups is 2. The molecule has 4 nitrogen and oxygen atoms in total. The number of hydrogen-bond donors (Lipinski definition) is 0. The molecule has 1 unspecified atom stereocenters. The molecule has 0 amide bonds. The highest BCUT2D eigenvalue weighted by Crippen LogP contribution is 2.25. The number of carbonyl (C=O) groups excluding carboxylic acids is 2. The van der Waals surface area contributed by atoms with Gasteiger partial charge in [0.2, 0.25) is 0 Å². The fourth-order valence-electron chi connectivity index (χ4n) is 2.52. The predicted molar refractivity (Wildman–Crippen MR) is 107 cm³/mol. The molecular weight excluding hydrogens is 340 g/mol. The van der Waals surface area contributed by atoms with E-state index in [0.717, 1.165) is 36.8 Å².